The van der Waals surface area contributed by atoms with Gasteiger partial charge in [0.15, 0.2) is 0 Å². The summed E-state index contributed by atoms with van der Waals surface area (Å²) in [5, 5.41) is 3.86. The van der Waals surface area contributed by atoms with Gasteiger partial charge in [-0.25, -0.2) is 0 Å². The van der Waals surface area contributed by atoms with E-state index in [2.05, 4.69) is 10.1 Å². The number of ether oxygens (including phenoxy) is 2. The molecule has 1 aromatic carbocycles. The van der Waals surface area contributed by atoms with E-state index in [0.717, 1.165) is 0 Å². The van der Waals surface area contributed by atoms with Crippen LogP contribution in [0, 0.1) is 0 Å². The molecule has 0 saturated heterocycles. The third-order valence-corrected chi connectivity index (χ3v) is 2.61. The van der Waals surface area contributed by atoms with Crippen LogP contribution in [-0.2, 0) is 4.74 Å². The molecule has 1 unspecified atom stereocenters. The quantitative estimate of drug-likeness (QED) is 0.835. The van der Waals surface area contributed by atoms with Crippen LogP contribution in [0.5, 0.6) is 5.75 Å². The zero-order valence-electron chi connectivity index (χ0n) is 10.5. The number of anilines is 1. The lowest BCUT2D eigenvalue weighted by Crippen LogP contribution is -1.98. The Hall–Kier alpha value is -2.08. The van der Waals surface area contributed by atoms with Gasteiger partial charge < -0.3 is 19.7 Å². The minimum Gasteiger partial charge on any atom is -0.496 e. The Morgan fingerprint density at radius 2 is 2.11 bits per heavy atom. The highest BCUT2D eigenvalue weighted by Crippen LogP contribution is 2.31. The van der Waals surface area contributed by atoms with Crippen molar-refractivity contribution in [2.24, 2.45) is 0 Å². The minimum atomic E-state index is -0.220. The van der Waals surface area contributed by atoms with Gasteiger partial charge in [-0.1, -0.05) is 5.16 Å². The molecule has 0 fully saturated rings. The van der Waals surface area contributed by atoms with Crippen molar-refractivity contribution < 1.29 is 14.0 Å². The maximum absolute atomic E-state index is 5.69. The first kappa shape index (κ1) is 12.4. The molecule has 0 aliphatic heterocycles. The largest absolute Gasteiger partial charge is 0.496 e. The molecular formula is C12H15N3O3. The van der Waals surface area contributed by atoms with Gasteiger partial charge in [0.2, 0.25) is 5.82 Å². The van der Waals surface area contributed by atoms with Gasteiger partial charge in [0.25, 0.3) is 5.89 Å². The predicted molar refractivity (Wildman–Crippen MR) is 66.1 cm³/mol. The lowest BCUT2D eigenvalue weighted by molar-refractivity contribution is 0.109. The molecule has 0 aliphatic rings. The van der Waals surface area contributed by atoms with Crippen LogP contribution in [0.3, 0.4) is 0 Å². The molecule has 96 valence electrons. The summed E-state index contributed by atoms with van der Waals surface area (Å²) in [7, 11) is 3.15. The van der Waals surface area contributed by atoms with E-state index < -0.39 is 0 Å². The third kappa shape index (κ3) is 2.28. The van der Waals surface area contributed by atoms with Crippen molar-refractivity contribution >= 4 is 5.69 Å². The molecule has 6 nitrogen and oxygen atoms in total. The Kier molecular flexibility index (Phi) is 3.47. The molecular weight excluding hydrogens is 234 g/mol. The molecule has 0 amide bonds. The molecule has 1 atom stereocenters. The molecule has 1 aromatic heterocycles. The highest BCUT2D eigenvalue weighted by molar-refractivity contribution is 5.66. The number of rotatable bonds is 4. The van der Waals surface area contributed by atoms with E-state index in [4.69, 9.17) is 19.7 Å². The van der Waals surface area contributed by atoms with Gasteiger partial charge in [0.1, 0.15) is 11.9 Å². The van der Waals surface area contributed by atoms with E-state index >= 15 is 0 Å². The number of benzene rings is 1. The van der Waals surface area contributed by atoms with Gasteiger partial charge >= 0.3 is 0 Å². The molecule has 18 heavy (non-hydrogen) atoms. The average molecular weight is 249 g/mol. The zero-order valence-corrected chi connectivity index (χ0v) is 10.5. The van der Waals surface area contributed by atoms with Crippen molar-refractivity contribution in [1.29, 1.82) is 0 Å². The van der Waals surface area contributed by atoms with E-state index in [-0.39, 0.29) is 6.10 Å². The number of nitrogens with zero attached hydrogens (tertiary/aromatic N) is 2. The van der Waals surface area contributed by atoms with E-state index in [0.29, 0.717) is 28.7 Å². The number of hydrogen-bond acceptors (Lipinski definition) is 6. The summed E-state index contributed by atoms with van der Waals surface area (Å²) in [5.41, 5.74) is 7.00. The van der Waals surface area contributed by atoms with Gasteiger partial charge in [-0.05, 0) is 19.1 Å². The summed E-state index contributed by atoms with van der Waals surface area (Å²) < 4.78 is 15.6. The Morgan fingerprint density at radius 1 is 1.33 bits per heavy atom. The lowest BCUT2D eigenvalue weighted by Gasteiger charge is -2.05. The molecule has 0 spiro atoms. The van der Waals surface area contributed by atoms with Gasteiger partial charge in [-0.3, -0.25) is 0 Å². The summed E-state index contributed by atoms with van der Waals surface area (Å²) >= 11 is 0. The Bertz CT molecular complexity index is 539. The van der Waals surface area contributed by atoms with Crippen molar-refractivity contribution in [3.8, 4) is 17.2 Å². The van der Waals surface area contributed by atoms with Crippen LogP contribution in [0.15, 0.2) is 22.7 Å². The second-order valence-electron chi connectivity index (χ2n) is 3.80. The Morgan fingerprint density at radius 3 is 2.78 bits per heavy atom. The first-order valence-corrected chi connectivity index (χ1v) is 5.46. The molecule has 2 N–H and O–H groups in total. The van der Waals surface area contributed by atoms with Crippen LogP contribution < -0.4 is 10.5 Å². The van der Waals surface area contributed by atoms with E-state index in [1.165, 1.54) is 0 Å². The summed E-state index contributed by atoms with van der Waals surface area (Å²) in [6.07, 6.45) is -0.220. The SMILES string of the molecule is COc1cc(N)ccc1-c1nc(C(C)OC)no1. The Balaban J connectivity index is 2.39. The van der Waals surface area contributed by atoms with Gasteiger partial charge in [0.05, 0.1) is 12.7 Å². The van der Waals surface area contributed by atoms with Gasteiger partial charge in [-0.15, -0.1) is 0 Å². The summed E-state index contributed by atoms with van der Waals surface area (Å²) in [5.74, 6) is 1.47. The number of nitrogen functional groups attached to an aromatic ring is 1. The molecule has 0 saturated carbocycles. The molecule has 2 aromatic rings. The standard InChI is InChI=1S/C12H15N3O3/c1-7(16-2)11-14-12(18-15-11)9-5-4-8(13)6-10(9)17-3/h4-7H,13H2,1-3H3. The Labute approximate surface area is 105 Å². The second kappa shape index (κ2) is 5.05. The smallest absolute Gasteiger partial charge is 0.261 e. The topological polar surface area (TPSA) is 83.4 Å². The van der Waals surface area contributed by atoms with Crippen LogP contribution in [0.25, 0.3) is 11.5 Å². The van der Waals surface area contributed by atoms with Gasteiger partial charge in [0, 0.05) is 18.9 Å². The second-order valence-corrected chi connectivity index (χ2v) is 3.80. The van der Waals surface area contributed by atoms with Crippen LogP contribution in [-0.4, -0.2) is 24.4 Å². The first-order valence-electron chi connectivity index (χ1n) is 5.46. The van der Waals surface area contributed by atoms with Crippen molar-refractivity contribution in [2.45, 2.75) is 13.0 Å². The number of aromatic nitrogens is 2. The molecule has 2 rings (SSSR count). The average Bonchev–Trinajstić information content (AvgIpc) is 2.87. The van der Waals surface area contributed by atoms with E-state index in [1.54, 1.807) is 32.4 Å². The minimum absolute atomic E-state index is 0.220. The van der Waals surface area contributed by atoms with Crippen LogP contribution in [0.2, 0.25) is 0 Å². The monoisotopic (exact) mass is 249 g/mol. The maximum atomic E-state index is 5.69. The fraction of sp³-hybridized carbons (Fsp3) is 0.333. The molecule has 6 heteroatoms. The number of hydrogen-bond donors (Lipinski definition) is 1. The summed E-state index contributed by atoms with van der Waals surface area (Å²) in [6.45, 7) is 1.84. The highest BCUT2D eigenvalue weighted by atomic mass is 16.5. The molecule has 0 aliphatic carbocycles. The summed E-state index contributed by atoms with van der Waals surface area (Å²) in [6, 6.07) is 5.24. The van der Waals surface area contributed by atoms with Gasteiger partial charge in [-0.2, -0.15) is 4.98 Å². The third-order valence-electron chi connectivity index (χ3n) is 2.61. The predicted octanol–water partition coefficient (Wildman–Crippen LogP) is 2.03. The molecule has 0 bridgehead atoms. The van der Waals surface area contributed by atoms with Crippen LogP contribution >= 0.6 is 0 Å². The highest BCUT2D eigenvalue weighted by Gasteiger charge is 2.17. The number of methoxy groups -OCH3 is 2. The van der Waals surface area contributed by atoms with Crippen LogP contribution in [0.1, 0.15) is 18.9 Å². The number of nitrogens with two attached hydrogens (primary N) is 1. The van der Waals surface area contributed by atoms with E-state index in [9.17, 15) is 0 Å². The van der Waals surface area contributed by atoms with Crippen molar-refractivity contribution in [3.63, 3.8) is 0 Å². The maximum Gasteiger partial charge on any atom is 0.261 e. The lowest BCUT2D eigenvalue weighted by atomic mass is 10.2. The van der Waals surface area contributed by atoms with Crippen molar-refractivity contribution in [2.75, 3.05) is 20.0 Å². The normalized spacial score (nSPS) is 12.4. The fourth-order valence-corrected chi connectivity index (χ4v) is 1.50. The molecule has 0 radical (unpaired) electrons. The summed E-state index contributed by atoms with van der Waals surface area (Å²) in [4.78, 5) is 4.27. The molecule has 1 heterocycles. The van der Waals surface area contributed by atoms with Crippen molar-refractivity contribution in [3.05, 3.63) is 24.0 Å². The fourth-order valence-electron chi connectivity index (χ4n) is 1.50. The van der Waals surface area contributed by atoms with E-state index in [1.807, 2.05) is 6.92 Å². The van der Waals surface area contributed by atoms with Crippen molar-refractivity contribution in [1.82, 2.24) is 10.1 Å². The van der Waals surface area contributed by atoms with Crippen LogP contribution in [0.4, 0.5) is 5.69 Å². The zero-order chi connectivity index (χ0) is 13.1. The first-order chi connectivity index (χ1) is 8.65.